The average Bonchev–Trinajstić information content (AvgIpc) is 2.97. The zero-order chi connectivity index (χ0) is 31.8. The number of rotatable bonds is 8. The first kappa shape index (κ1) is 31.7. The minimum absolute atomic E-state index is 0.00627. The lowest BCUT2D eigenvalue weighted by atomic mass is 9.78. The summed E-state index contributed by atoms with van der Waals surface area (Å²) in [6.07, 6.45) is 2.71. The third-order valence-corrected chi connectivity index (χ3v) is 9.07. The first-order valence-corrected chi connectivity index (χ1v) is 15.7. The Hall–Kier alpha value is -3.74. The Morgan fingerprint density at radius 2 is 1.52 bits per heavy atom. The van der Waals surface area contributed by atoms with Gasteiger partial charge in [0.2, 0.25) is 5.91 Å². The van der Waals surface area contributed by atoms with Crippen LogP contribution < -0.4 is 4.74 Å². The summed E-state index contributed by atoms with van der Waals surface area (Å²) >= 11 is 0. The number of nitrogens with zero attached hydrogens (tertiary/aromatic N) is 2. The van der Waals surface area contributed by atoms with Gasteiger partial charge in [-0.25, -0.2) is 8.78 Å². The van der Waals surface area contributed by atoms with Crippen molar-refractivity contribution < 1.29 is 23.1 Å². The van der Waals surface area contributed by atoms with Crippen molar-refractivity contribution >= 4 is 11.8 Å². The second-order valence-corrected chi connectivity index (χ2v) is 13.9. The van der Waals surface area contributed by atoms with Gasteiger partial charge in [-0.15, -0.1) is 0 Å². The molecule has 1 unspecified atom stereocenters. The Kier molecular flexibility index (Phi) is 8.88. The second-order valence-electron chi connectivity index (χ2n) is 13.9. The van der Waals surface area contributed by atoms with E-state index in [9.17, 15) is 18.4 Å². The maximum Gasteiger partial charge on any atom is 0.254 e. The fraction of sp³-hybridized carbons (Fsp3) is 0.459. The highest BCUT2D eigenvalue weighted by molar-refractivity contribution is 5.96. The van der Waals surface area contributed by atoms with Gasteiger partial charge in [0.05, 0.1) is 0 Å². The molecule has 2 heterocycles. The number of fused-ring (bicyclic) bond motifs is 1. The molecule has 0 spiro atoms. The molecule has 0 N–H and O–H groups in total. The van der Waals surface area contributed by atoms with E-state index >= 15 is 0 Å². The highest BCUT2D eigenvalue weighted by Gasteiger charge is 2.42. The van der Waals surface area contributed by atoms with Crippen molar-refractivity contribution in [2.24, 2.45) is 0 Å². The van der Waals surface area contributed by atoms with Crippen LogP contribution in [0.4, 0.5) is 8.78 Å². The van der Waals surface area contributed by atoms with Gasteiger partial charge in [0, 0.05) is 54.7 Å². The van der Waals surface area contributed by atoms with E-state index in [1.165, 1.54) is 24.3 Å². The van der Waals surface area contributed by atoms with Crippen LogP contribution in [0.25, 0.3) is 0 Å². The topological polar surface area (TPSA) is 49.9 Å². The molecule has 44 heavy (non-hydrogen) atoms. The summed E-state index contributed by atoms with van der Waals surface area (Å²) in [5.74, 6) is 0.389. The zero-order valence-electron chi connectivity index (χ0n) is 26.8. The molecule has 0 radical (unpaired) electrons. The van der Waals surface area contributed by atoms with Gasteiger partial charge in [-0.05, 0) is 86.6 Å². The van der Waals surface area contributed by atoms with E-state index in [0.29, 0.717) is 38.0 Å². The quantitative estimate of drug-likeness (QED) is 0.246. The van der Waals surface area contributed by atoms with Crippen molar-refractivity contribution in [2.75, 3.05) is 19.6 Å². The number of hydrogen-bond donors (Lipinski definition) is 0. The minimum atomic E-state index is -0.416. The largest absolute Gasteiger partial charge is 0.482 e. The molecule has 1 saturated heterocycles. The number of amides is 2. The third-order valence-electron chi connectivity index (χ3n) is 9.07. The fourth-order valence-electron chi connectivity index (χ4n) is 6.48. The van der Waals surface area contributed by atoms with Gasteiger partial charge in [-0.2, -0.15) is 0 Å². The molecule has 0 bridgehead atoms. The normalized spacial score (nSPS) is 17.6. The number of piperazine rings is 1. The summed E-state index contributed by atoms with van der Waals surface area (Å²) in [4.78, 5) is 30.7. The van der Waals surface area contributed by atoms with E-state index in [2.05, 4.69) is 20.8 Å². The number of benzene rings is 3. The van der Waals surface area contributed by atoms with Gasteiger partial charge in [-0.1, -0.05) is 51.5 Å². The van der Waals surface area contributed by atoms with Gasteiger partial charge < -0.3 is 14.5 Å². The molecule has 0 aliphatic carbocycles. The van der Waals surface area contributed by atoms with Crippen LogP contribution in [0.1, 0.15) is 106 Å². The van der Waals surface area contributed by atoms with Gasteiger partial charge >= 0.3 is 0 Å². The molecule has 7 heteroatoms. The van der Waals surface area contributed by atoms with Crippen LogP contribution in [0, 0.1) is 11.6 Å². The molecule has 1 atom stereocenters. The van der Waals surface area contributed by atoms with Crippen molar-refractivity contribution in [3.63, 3.8) is 0 Å². The van der Waals surface area contributed by atoms with E-state index in [1.807, 2.05) is 42.7 Å². The molecule has 234 valence electrons. The van der Waals surface area contributed by atoms with Crippen molar-refractivity contribution in [1.29, 1.82) is 0 Å². The molecular weight excluding hydrogens is 558 g/mol. The van der Waals surface area contributed by atoms with Crippen LogP contribution >= 0.6 is 0 Å². The van der Waals surface area contributed by atoms with Crippen LogP contribution in [0.2, 0.25) is 0 Å². The SMILES string of the molecule is CC1CN(C(=O)CCCCC(c2ccc(F)cc2)c2ccc(F)cc2)CCN1C(=O)c1cc(C(C)(C)C)c2c(c1)C(C)(C)O2. The molecule has 3 aromatic rings. The van der Waals surface area contributed by atoms with Gasteiger partial charge in [0.15, 0.2) is 0 Å². The molecule has 0 aromatic heterocycles. The number of carbonyl (C=O) groups excluding carboxylic acids is 2. The summed E-state index contributed by atoms with van der Waals surface area (Å²) in [5, 5.41) is 0. The maximum atomic E-state index is 13.8. The number of unbranched alkanes of at least 4 members (excludes halogenated alkanes) is 1. The van der Waals surface area contributed by atoms with Crippen molar-refractivity contribution in [3.05, 3.63) is 100 Å². The summed E-state index contributed by atoms with van der Waals surface area (Å²) in [5.41, 5.74) is 4.14. The molecule has 2 amide bonds. The maximum absolute atomic E-state index is 13.8. The van der Waals surface area contributed by atoms with E-state index in [0.717, 1.165) is 40.8 Å². The Bertz CT molecular complexity index is 1460. The Morgan fingerprint density at radius 3 is 2.05 bits per heavy atom. The molecule has 5 rings (SSSR count). The van der Waals surface area contributed by atoms with E-state index < -0.39 is 5.60 Å². The van der Waals surface area contributed by atoms with E-state index in [4.69, 9.17) is 4.74 Å². The molecule has 0 saturated carbocycles. The van der Waals surface area contributed by atoms with Crippen molar-refractivity contribution in [1.82, 2.24) is 9.80 Å². The van der Waals surface area contributed by atoms with Crippen molar-refractivity contribution in [2.45, 2.75) is 90.2 Å². The lowest BCUT2D eigenvalue weighted by Gasteiger charge is -2.43. The minimum Gasteiger partial charge on any atom is -0.482 e. The summed E-state index contributed by atoms with van der Waals surface area (Å²) in [6.45, 7) is 13.9. The smallest absolute Gasteiger partial charge is 0.254 e. The third kappa shape index (κ3) is 6.67. The molecule has 2 aliphatic rings. The summed E-state index contributed by atoms with van der Waals surface area (Å²) in [6, 6.07) is 16.7. The van der Waals surface area contributed by atoms with Crippen LogP contribution in [-0.2, 0) is 15.8 Å². The zero-order valence-corrected chi connectivity index (χ0v) is 26.8. The first-order valence-electron chi connectivity index (χ1n) is 15.7. The molecule has 3 aromatic carbocycles. The Labute approximate surface area is 260 Å². The number of ether oxygens (including phenoxy) is 1. The summed E-state index contributed by atoms with van der Waals surface area (Å²) in [7, 11) is 0. The van der Waals surface area contributed by atoms with E-state index in [1.54, 1.807) is 24.3 Å². The van der Waals surface area contributed by atoms with Crippen LogP contribution in [0.3, 0.4) is 0 Å². The second kappa shape index (κ2) is 12.3. The molecule has 1 fully saturated rings. The standard InChI is InChI=1S/C37H44F2N2O3/c1-24-23-40(19-20-41(24)35(43)27-21-31(36(2,3)4)34-32(22-27)37(5,6)44-34)33(42)10-8-7-9-30(25-11-15-28(38)16-12-25)26-13-17-29(39)18-14-26/h11-18,21-22,24,30H,7-10,19-20,23H2,1-6H3. The first-order chi connectivity index (χ1) is 20.7. The van der Waals surface area contributed by atoms with Gasteiger partial charge in [0.25, 0.3) is 5.91 Å². The number of carbonyl (C=O) groups is 2. The predicted octanol–water partition coefficient (Wildman–Crippen LogP) is 7.96. The monoisotopic (exact) mass is 602 g/mol. The Morgan fingerprint density at radius 1 is 0.932 bits per heavy atom. The lowest BCUT2D eigenvalue weighted by Crippen LogP contribution is -2.55. The highest BCUT2D eigenvalue weighted by atomic mass is 19.1. The predicted molar refractivity (Wildman–Crippen MR) is 169 cm³/mol. The van der Waals surface area contributed by atoms with Gasteiger partial charge in [0.1, 0.15) is 23.0 Å². The van der Waals surface area contributed by atoms with Crippen LogP contribution in [-0.4, -0.2) is 47.3 Å². The highest BCUT2D eigenvalue weighted by Crippen LogP contribution is 2.50. The fourth-order valence-corrected chi connectivity index (χ4v) is 6.48. The Balaban J connectivity index is 1.17. The molecule has 2 aliphatic heterocycles. The van der Waals surface area contributed by atoms with Gasteiger partial charge in [-0.3, -0.25) is 9.59 Å². The molecular formula is C37H44F2N2O3. The van der Waals surface area contributed by atoms with Crippen LogP contribution in [0.15, 0.2) is 60.7 Å². The average molecular weight is 603 g/mol. The summed E-state index contributed by atoms with van der Waals surface area (Å²) < 4.78 is 33.2. The molecule has 5 nitrogen and oxygen atoms in total. The lowest BCUT2D eigenvalue weighted by molar-refractivity contribution is -0.133. The number of hydrogen-bond acceptors (Lipinski definition) is 3. The van der Waals surface area contributed by atoms with Crippen LogP contribution in [0.5, 0.6) is 5.75 Å². The van der Waals surface area contributed by atoms with E-state index in [-0.39, 0.29) is 40.8 Å². The van der Waals surface area contributed by atoms with Crippen molar-refractivity contribution in [3.8, 4) is 5.75 Å². The number of halogens is 2.